The number of aryl methyl sites for hydroxylation is 1. The Morgan fingerprint density at radius 1 is 1.03 bits per heavy atom. The second-order valence-corrected chi connectivity index (χ2v) is 9.20. The molecule has 2 N–H and O–H groups in total. The van der Waals surface area contributed by atoms with Crippen molar-refractivity contribution < 1.29 is 33.8 Å². The third kappa shape index (κ3) is 5.76. The summed E-state index contributed by atoms with van der Waals surface area (Å²) in [6, 6.07) is 15.5. The highest BCUT2D eigenvalue weighted by molar-refractivity contribution is 9.10. The molecule has 38 heavy (non-hydrogen) atoms. The maximum atomic E-state index is 13.2. The van der Waals surface area contributed by atoms with Gasteiger partial charge in [-0.25, -0.2) is 14.5 Å². The lowest BCUT2D eigenvalue weighted by Crippen LogP contribution is -2.54. The lowest BCUT2D eigenvalue weighted by atomic mass is 10.1. The molecule has 1 fully saturated rings. The quantitative estimate of drug-likeness (QED) is 0.281. The summed E-state index contributed by atoms with van der Waals surface area (Å²) < 4.78 is 12.2. The highest BCUT2D eigenvalue weighted by Crippen LogP contribution is 2.38. The van der Waals surface area contributed by atoms with Gasteiger partial charge in [-0.15, -0.1) is 0 Å². The number of amides is 4. The molecule has 3 aromatic carbocycles. The van der Waals surface area contributed by atoms with Crippen LogP contribution in [0.25, 0.3) is 6.08 Å². The number of ether oxygens (including phenoxy) is 2. The van der Waals surface area contributed by atoms with Gasteiger partial charge in [0.15, 0.2) is 11.5 Å². The monoisotopic (exact) mass is 578 g/mol. The number of aromatic carboxylic acids is 1. The van der Waals surface area contributed by atoms with Gasteiger partial charge in [0.05, 0.1) is 22.3 Å². The van der Waals surface area contributed by atoms with Gasteiger partial charge in [0, 0.05) is 0 Å². The predicted octanol–water partition coefficient (Wildman–Crippen LogP) is 5.10. The fourth-order valence-electron chi connectivity index (χ4n) is 3.73. The SMILES string of the molecule is CCOc1cc(/C=C2\C(=O)NC(=O)N(c3ccc(C)cc3)C2=O)cc(Br)c1OCc1ccc(C(=O)O)cc1. The van der Waals surface area contributed by atoms with Crippen molar-refractivity contribution in [2.24, 2.45) is 0 Å². The van der Waals surface area contributed by atoms with E-state index in [1.165, 1.54) is 18.2 Å². The van der Waals surface area contributed by atoms with Gasteiger partial charge in [-0.1, -0.05) is 29.8 Å². The molecule has 194 valence electrons. The zero-order chi connectivity index (χ0) is 27.4. The van der Waals surface area contributed by atoms with Gasteiger partial charge in [-0.05, 0) is 83.4 Å². The van der Waals surface area contributed by atoms with E-state index in [9.17, 15) is 19.2 Å². The normalized spacial score (nSPS) is 14.4. The van der Waals surface area contributed by atoms with Crippen LogP contribution in [0.2, 0.25) is 0 Å². The molecule has 9 nitrogen and oxygen atoms in total. The van der Waals surface area contributed by atoms with Crippen molar-refractivity contribution in [1.82, 2.24) is 5.32 Å². The van der Waals surface area contributed by atoms with Gasteiger partial charge < -0.3 is 14.6 Å². The summed E-state index contributed by atoms with van der Waals surface area (Å²) in [6.45, 7) is 4.16. The Morgan fingerprint density at radius 3 is 2.34 bits per heavy atom. The number of anilines is 1. The molecule has 1 saturated heterocycles. The summed E-state index contributed by atoms with van der Waals surface area (Å²) in [5.74, 6) is -1.80. The molecule has 4 rings (SSSR count). The second kappa shape index (κ2) is 11.3. The number of carboxylic acid groups (broad SMARTS) is 1. The number of hydrogen-bond acceptors (Lipinski definition) is 6. The van der Waals surface area contributed by atoms with Crippen LogP contribution in [0.3, 0.4) is 0 Å². The molecule has 10 heteroatoms. The molecule has 3 aromatic rings. The molecular weight excluding hydrogens is 556 g/mol. The molecule has 0 aliphatic carbocycles. The summed E-state index contributed by atoms with van der Waals surface area (Å²) >= 11 is 3.47. The molecule has 0 unspecified atom stereocenters. The van der Waals surface area contributed by atoms with E-state index in [1.54, 1.807) is 55.5 Å². The third-order valence-corrected chi connectivity index (χ3v) is 6.21. The minimum Gasteiger partial charge on any atom is -0.490 e. The van der Waals surface area contributed by atoms with E-state index in [1.807, 2.05) is 6.92 Å². The molecule has 0 aromatic heterocycles. The lowest BCUT2D eigenvalue weighted by molar-refractivity contribution is -0.122. The maximum Gasteiger partial charge on any atom is 0.335 e. The Labute approximate surface area is 226 Å². The molecule has 0 radical (unpaired) electrons. The maximum absolute atomic E-state index is 13.2. The number of carbonyl (C=O) groups is 4. The minimum atomic E-state index is -1.01. The number of urea groups is 1. The number of hydrogen-bond donors (Lipinski definition) is 2. The smallest absolute Gasteiger partial charge is 0.335 e. The number of nitrogens with zero attached hydrogens (tertiary/aromatic N) is 1. The van der Waals surface area contributed by atoms with Crippen molar-refractivity contribution >= 4 is 51.5 Å². The standard InChI is InChI=1S/C28H23BrN2O7/c1-3-37-23-14-18(13-22(29)24(23)38-15-17-6-8-19(9-7-17)27(34)35)12-21-25(32)30-28(36)31(26(21)33)20-10-4-16(2)5-11-20/h4-14H,3,15H2,1-2H3,(H,34,35)(H,30,32,36)/b21-12+. The van der Waals surface area contributed by atoms with Crippen molar-refractivity contribution in [2.75, 3.05) is 11.5 Å². The van der Waals surface area contributed by atoms with E-state index in [4.69, 9.17) is 14.6 Å². The van der Waals surface area contributed by atoms with Crippen LogP contribution in [0, 0.1) is 6.92 Å². The van der Waals surface area contributed by atoms with E-state index in [2.05, 4.69) is 21.2 Å². The molecule has 0 bridgehead atoms. The van der Waals surface area contributed by atoms with Crippen LogP contribution >= 0.6 is 15.9 Å². The van der Waals surface area contributed by atoms with Gasteiger partial charge in [0.25, 0.3) is 11.8 Å². The van der Waals surface area contributed by atoms with Gasteiger partial charge in [0.1, 0.15) is 12.2 Å². The van der Waals surface area contributed by atoms with Crippen molar-refractivity contribution in [1.29, 1.82) is 0 Å². The number of barbiturate groups is 1. The van der Waals surface area contributed by atoms with Gasteiger partial charge in [-0.2, -0.15) is 0 Å². The number of imide groups is 2. The van der Waals surface area contributed by atoms with Crippen LogP contribution in [-0.4, -0.2) is 35.5 Å². The van der Waals surface area contributed by atoms with E-state index >= 15 is 0 Å². The fraction of sp³-hybridized carbons (Fsp3) is 0.143. The number of halogens is 1. The Bertz CT molecular complexity index is 1450. The van der Waals surface area contributed by atoms with Crippen molar-refractivity contribution in [3.05, 3.63) is 93.0 Å². The Balaban J connectivity index is 1.62. The molecule has 1 heterocycles. The second-order valence-electron chi connectivity index (χ2n) is 8.35. The average Bonchev–Trinajstić information content (AvgIpc) is 2.87. The first-order valence-electron chi connectivity index (χ1n) is 11.6. The predicted molar refractivity (Wildman–Crippen MR) is 143 cm³/mol. The van der Waals surface area contributed by atoms with Crippen LogP contribution in [0.15, 0.2) is 70.7 Å². The molecule has 0 spiro atoms. The third-order valence-electron chi connectivity index (χ3n) is 5.62. The molecule has 4 amide bonds. The van der Waals surface area contributed by atoms with Gasteiger partial charge in [0.2, 0.25) is 0 Å². The minimum absolute atomic E-state index is 0.146. The highest BCUT2D eigenvalue weighted by atomic mass is 79.9. The van der Waals surface area contributed by atoms with Crippen molar-refractivity contribution in [2.45, 2.75) is 20.5 Å². The fourth-order valence-corrected chi connectivity index (χ4v) is 4.30. The summed E-state index contributed by atoms with van der Waals surface area (Å²) in [4.78, 5) is 50.2. The first kappa shape index (κ1) is 26.6. The van der Waals surface area contributed by atoms with Crippen LogP contribution in [-0.2, 0) is 16.2 Å². The number of rotatable bonds is 8. The van der Waals surface area contributed by atoms with Crippen LogP contribution in [0.5, 0.6) is 11.5 Å². The number of nitrogens with one attached hydrogen (secondary N) is 1. The van der Waals surface area contributed by atoms with Gasteiger partial charge >= 0.3 is 12.0 Å². The van der Waals surface area contributed by atoms with Crippen LogP contribution in [0.4, 0.5) is 10.5 Å². The average molecular weight is 579 g/mol. The zero-order valence-corrected chi connectivity index (χ0v) is 22.1. The van der Waals surface area contributed by atoms with Crippen LogP contribution in [0.1, 0.15) is 34.0 Å². The molecule has 1 aliphatic rings. The topological polar surface area (TPSA) is 122 Å². The highest BCUT2D eigenvalue weighted by Gasteiger charge is 2.36. The van der Waals surface area contributed by atoms with Crippen LogP contribution < -0.4 is 19.7 Å². The summed E-state index contributed by atoms with van der Waals surface area (Å²) in [5, 5.41) is 11.3. The zero-order valence-electron chi connectivity index (χ0n) is 20.5. The lowest BCUT2D eigenvalue weighted by Gasteiger charge is -2.26. The summed E-state index contributed by atoms with van der Waals surface area (Å²) in [7, 11) is 0. The van der Waals surface area contributed by atoms with Gasteiger partial charge in [-0.3, -0.25) is 14.9 Å². The van der Waals surface area contributed by atoms with E-state index in [0.717, 1.165) is 16.0 Å². The van der Waals surface area contributed by atoms with E-state index in [0.29, 0.717) is 33.8 Å². The largest absolute Gasteiger partial charge is 0.490 e. The van der Waals surface area contributed by atoms with Crippen molar-refractivity contribution in [3.8, 4) is 11.5 Å². The summed E-state index contributed by atoms with van der Waals surface area (Å²) in [5.41, 5.74) is 2.47. The molecule has 0 saturated carbocycles. The van der Waals surface area contributed by atoms with E-state index < -0.39 is 23.8 Å². The van der Waals surface area contributed by atoms with Crippen molar-refractivity contribution in [3.63, 3.8) is 0 Å². The molecular formula is C28H23BrN2O7. The number of carboxylic acids is 1. The first-order valence-corrected chi connectivity index (χ1v) is 12.4. The molecule has 1 aliphatic heterocycles. The Hall–Kier alpha value is -4.44. The number of benzene rings is 3. The Kier molecular flexibility index (Phi) is 7.92. The molecule has 0 atom stereocenters. The first-order chi connectivity index (χ1) is 18.2. The number of carbonyl (C=O) groups excluding carboxylic acids is 3. The summed E-state index contributed by atoms with van der Waals surface area (Å²) in [6.07, 6.45) is 1.38. The van der Waals surface area contributed by atoms with E-state index in [-0.39, 0.29) is 17.7 Å². The Morgan fingerprint density at radius 2 is 1.71 bits per heavy atom.